The summed E-state index contributed by atoms with van der Waals surface area (Å²) < 4.78 is 11.7. The number of benzene rings is 2. The molecule has 0 aliphatic carbocycles. The lowest BCUT2D eigenvalue weighted by Gasteiger charge is -2.19. The maximum Gasteiger partial charge on any atom is 0.359 e. The summed E-state index contributed by atoms with van der Waals surface area (Å²) in [5, 5.41) is 9.49. The van der Waals surface area contributed by atoms with Crippen LogP contribution in [-0.4, -0.2) is 47.8 Å². The van der Waals surface area contributed by atoms with Gasteiger partial charge in [0.05, 0.1) is 36.4 Å². The third-order valence-corrected chi connectivity index (χ3v) is 7.37. The number of rotatable bonds is 7. The third-order valence-electron chi connectivity index (χ3n) is 6.48. The van der Waals surface area contributed by atoms with E-state index in [1.807, 2.05) is 13.0 Å². The van der Waals surface area contributed by atoms with Crippen molar-refractivity contribution in [2.45, 2.75) is 20.3 Å². The number of ether oxygens (including phenoxy) is 2. The molecule has 5 rings (SSSR count). The quantitative estimate of drug-likeness (QED) is 0.349. The van der Waals surface area contributed by atoms with Gasteiger partial charge in [-0.05, 0) is 43.7 Å². The van der Waals surface area contributed by atoms with Gasteiger partial charge in [-0.25, -0.2) is 4.79 Å². The van der Waals surface area contributed by atoms with E-state index in [0.29, 0.717) is 22.5 Å². The first kappa shape index (κ1) is 26.1. The molecule has 10 nitrogen and oxygen atoms in total. The van der Waals surface area contributed by atoms with E-state index in [-0.39, 0.29) is 41.6 Å². The summed E-state index contributed by atoms with van der Waals surface area (Å²) in [5.74, 6) is -1.39. The van der Waals surface area contributed by atoms with Crippen LogP contribution in [0.1, 0.15) is 29.4 Å². The molecule has 11 heteroatoms. The first-order valence-electron chi connectivity index (χ1n) is 12.3. The molecule has 3 heterocycles. The summed E-state index contributed by atoms with van der Waals surface area (Å²) in [5.41, 5.74) is 1.46. The van der Waals surface area contributed by atoms with Gasteiger partial charge >= 0.3 is 5.97 Å². The van der Waals surface area contributed by atoms with Crippen LogP contribution < -0.4 is 20.5 Å². The molecular formula is C28H26N4O6S. The van der Waals surface area contributed by atoms with Crippen molar-refractivity contribution in [2.24, 2.45) is 5.92 Å². The number of nitrogens with zero attached hydrogens (tertiary/aromatic N) is 3. The van der Waals surface area contributed by atoms with Crippen molar-refractivity contribution in [3.8, 4) is 11.4 Å². The zero-order valence-corrected chi connectivity index (χ0v) is 22.4. The van der Waals surface area contributed by atoms with Crippen LogP contribution in [0.4, 0.5) is 10.7 Å². The molecule has 1 unspecified atom stereocenters. The lowest BCUT2D eigenvalue weighted by Crippen LogP contribution is -2.29. The largest absolute Gasteiger partial charge is 0.495 e. The average molecular weight is 547 g/mol. The Morgan fingerprint density at radius 3 is 2.69 bits per heavy atom. The van der Waals surface area contributed by atoms with Gasteiger partial charge in [0.2, 0.25) is 11.8 Å². The Hall–Kier alpha value is -4.51. The molecule has 0 radical (unpaired) electrons. The Morgan fingerprint density at radius 1 is 1.15 bits per heavy atom. The van der Waals surface area contributed by atoms with Crippen LogP contribution in [0.2, 0.25) is 0 Å². The van der Waals surface area contributed by atoms with Gasteiger partial charge in [0.25, 0.3) is 5.56 Å². The van der Waals surface area contributed by atoms with Crippen LogP contribution >= 0.6 is 11.3 Å². The van der Waals surface area contributed by atoms with Gasteiger partial charge in [0.15, 0.2) is 5.69 Å². The number of thiophene rings is 1. The smallest absolute Gasteiger partial charge is 0.359 e. The Kier molecular flexibility index (Phi) is 7.16. The van der Waals surface area contributed by atoms with Crippen LogP contribution in [0.5, 0.6) is 5.75 Å². The normalized spacial score (nSPS) is 15.0. The Bertz CT molecular complexity index is 1660. The molecule has 1 N–H and O–H groups in total. The van der Waals surface area contributed by atoms with E-state index in [9.17, 15) is 19.2 Å². The average Bonchev–Trinajstić information content (AvgIpc) is 3.53. The molecule has 2 aromatic carbocycles. The predicted molar refractivity (Wildman–Crippen MR) is 148 cm³/mol. The van der Waals surface area contributed by atoms with Gasteiger partial charge in [0.1, 0.15) is 10.8 Å². The van der Waals surface area contributed by atoms with Crippen LogP contribution in [0.25, 0.3) is 16.5 Å². The van der Waals surface area contributed by atoms with E-state index in [1.54, 1.807) is 54.8 Å². The number of nitrogens with one attached hydrogen (secondary N) is 1. The maximum atomic E-state index is 13.6. The second kappa shape index (κ2) is 10.7. The second-order valence-electron chi connectivity index (χ2n) is 9.05. The monoisotopic (exact) mass is 546 g/mol. The number of anilines is 2. The fraction of sp³-hybridized carbons (Fsp3) is 0.250. The standard InChI is InChI=1S/C28H26N4O6S/c1-4-38-28(36)24-19-15-39-26(23(19)27(35)32(30-24)18-9-7-8-16(2)12-18)29-25(34)17-13-22(33)31(14-17)20-10-5-6-11-21(20)37-3/h5-12,15,17H,4,13-14H2,1-3H3,(H,29,34). The van der Waals surface area contributed by atoms with Gasteiger partial charge in [-0.2, -0.15) is 9.78 Å². The van der Waals surface area contributed by atoms with Crippen molar-refractivity contribution in [3.05, 3.63) is 75.5 Å². The number of hydrogen-bond donors (Lipinski definition) is 1. The first-order chi connectivity index (χ1) is 18.8. The number of para-hydroxylation sites is 2. The summed E-state index contributed by atoms with van der Waals surface area (Å²) >= 11 is 1.11. The van der Waals surface area contributed by atoms with Crippen LogP contribution in [0.3, 0.4) is 0 Å². The fourth-order valence-electron chi connectivity index (χ4n) is 4.61. The molecule has 1 saturated heterocycles. The van der Waals surface area contributed by atoms with E-state index in [2.05, 4.69) is 10.4 Å². The summed E-state index contributed by atoms with van der Waals surface area (Å²) in [6.45, 7) is 3.87. The minimum Gasteiger partial charge on any atom is -0.495 e. The van der Waals surface area contributed by atoms with Gasteiger partial charge < -0.3 is 19.7 Å². The number of amides is 2. The van der Waals surface area contributed by atoms with Crippen molar-refractivity contribution < 1.29 is 23.9 Å². The highest BCUT2D eigenvalue weighted by atomic mass is 32.1. The number of carbonyl (C=O) groups excluding carboxylic acids is 3. The molecule has 0 saturated carbocycles. The first-order valence-corrected chi connectivity index (χ1v) is 13.2. The summed E-state index contributed by atoms with van der Waals surface area (Å²) in [6.07, 6.45) is 0.0103. The molecule has 200 valence electrons. The van der Waals surface area contributed by atoms with Gasteiger partial charge in [0, 0.05) is 23.7 Å². The lowest BCUT2D eigenvalue weighted by atomic mass is 10.1. The Labute approximate surface area is 227 Å². The van der Waals surface area contributed by atoms with Crippen LogP contribution in [-0.2, 0) is 14.3 Å². The Balaban J connectivity index is 1.51. The summed E-state index contributed by atoms with van der Waals surface area (Å²) in [7, 11) is 1.52. The Morgan fingerprint density at radius 2 is 1.95 bits per heavy atom. The predicted octanol–water partition coefficient (Wildman–Crippen LogP) is 3.93. The molecule has 0 spiro atoms. The highest BCUT2D eigenvalue weighted by Crippen LogP contribution is 2.35. The van der Waals surface area contributed by atoms with E-state index < -0.39 is 23.4 Å². The number of hydrogen-bond acceptors (Lipinski definition) is 8. The zero-order chi connectivity index (χ0) is 27.7. The minimum atomic E-state index is -0.673. The number of carbonyl (C=O) groups is 3. The number of aryl methyl sites for hydroxylation is 1. The third kappa shape index (κ3) is 4.88. The van der Waals surface area contributed by atoms with E-state index in [0.717, 1.165) is 21.6 Å². The molecule has 2 aromatic heterocycles. The van der Waals surface area contributed by atoms with Crippen molar-refractivity contribution in [2.75, 3.05) is 30.5 Å². The summed E-state index contributed by atoms with van der Waals surface area (Å²) in [6, 6.07) is 14.3. The molecule has 4 aromatic rings. The fourth-order valence-corrected chi connectivity index (χ4v) is 5.55. The molecule has 1 atom stereocenters. The zero-order valence-electron chi connectivity index (χ0n) is 21.6. The number of esters is 1. The molecular weight excluding hydrogens is 520 g/mol. The molecule has 2 amide bonds. The van der Waals surface area contributed by atoms with Gasteiger partial charge in [-0.15, -0.1) is 11.3 Å². The lowest BCUT2D eigenvalue weighted by molar-refractivity contribution is -0.122. The minimum absolute atomic E-state index is 0.0103. The van der Waals surface area contributed by atoms with E-state index in [4.69, 9.17) is 9.47 Å². The number of fused-ring (bicyclic) bond motifs is 1. The number of methoxy groups -OCH3 is 1. The van der Waals surface area contributed by atoms with Gasteiger partial charge in [-0.1, -0.05) is 24.3 Å². The SMILES string of the molecule is CCOC(=O)c1nn(-c2cccc(C)c2)c(=O)c2c(NC(=O)C3CC(=O)N(c4ccccc4OC)C3)scc12. The molecule has 1 fully saturated rings. The number of aromatic nitrogens is 2. The molecule has 39 heavy (non-hydrogen) atoms. The van der Waals surface area contributed by atoms with Crippen molar-refractivity contribution in [1.29, 1.82) is 0 Å². The highest BCUT2D eigenvalue weighted by Gasteiger charge is 2.37. The summed E-state index contributed by atoms with van der Waals surface area (Å²) in [4.78, 5) is 54.1. The molecule has 1 aliphatic heterocycles. The van der Waals surface area contributed by atoms with Crippen molar-refractivity contribution in [1.82, 2.24) is 9.78 Å². The van der Waals surface area contributed by atoms with Crippen molar-refractivity contribution in [3.63, 3.8) is 0 Å². The van der Waals surface area contributed by atoms with Gasteiger partial charge in [-0.3, -0.25) is 14.4 Å². The van der Waals surface area contributed by atoms with E-state index in [1.165, 1.54) is 12.0 Å². The topological polar surface area (TPSA) is 120 Å². The second-order valence-corrected chi connectivity index (χ2v) is 9.92. The maximum absolute atomic E-state index is 13.6. The van der Waals surface area contributed by atoms with Crippen LogP contribution in [0.15, 0.2) is 58.7 Å². The highest BCUT2D eigenvalue weighted by molar-refractivity contribution is 7.16. The van der Waals surface area contributed by atoms with Crippen molar-refractivity contribution >= 4 is 50.6 Å². The van der Waals surface area contributed by atoms with E-state index >= 15 is 0 Å². The van der Waals surface area contributed by atoms with Crippen LogP contribution in [0, 0.1) is 12.8 Å². The molecule has 0 bridgehead atoms. The molecule has 1 aliphatic rings.